The van der Waals surface area contributed by atoms with Crippen LogP contribution >= 0.6 is 8.25 Å². The lowest BCUT2D eigenvalue weighted by Gasteiger charge is -2.55. The van der Waals surface area contributed by atoms with E-state index in [1.807, 2.05) is 0 Å². The molecule has 0 radical (unpaired) electrons. The Bertz CT molecular complexity index is 827. The fraction of sp³-hybridized carbons (Fsp3) is 0.786. The van der Waals surface area contributed by atoms with Crippen molar-refractivity contribution in [2.75, 3.05) is 0 Å². The van der Waals surface area contributed by atoms with E-state index in [2.05, 4.69) is 65.8 Å². The highest BCUT2D eigenvalue weighted by molar-refractivity contribution is 7.32. The van der Waals surface area contributed by atoms with Gasteiger partial charge in [0.25, 0.3) is 0 Å². The van der Waals surface area contributed by atoms with E-state index >= 15 is 0 Å². The van der Waals surface area contributed by atoms with Crippen LogP contribution < -0.4 is 0 Å². The molecule has 3 fully saturated rings. The Morgan fingerprint density at radius 3 is 2.47 bits per heavy atom. The number of hydrogen-bond donors (Lipinski definition) is 1. The molecule has 3 nitrogen and oxygen atoms in total. The SMILES string of the molecule is CC(C)[C@@H](C)C=C[C@@H](C)[C@H]1CC[C@H]2C3=CC=C4C[C@@H](O[P+](=O)O)CC[C@]4(C)[C@H]3CC[C@]12C. The Hall–Kier alpha value is -0.760. The van der Waals surface area contributed by atoms with Crippen molar-refractivity contribution in [1.29, 1.82) is 0 Å². The highest BCUT2D eigenvalue weighted by Crippen LogP contribution is 2.66. The second kappa shape index (κ2) is 9.12. The van der Waals surface area contributed by atoms with Gasteiger partial charge in [0.2, 0.25) is 0 Å². The third-order valence-electron chi connectivity index (χ3n) is 10.2. The van der Waals surface area contributed by atoms with Crippen LogP contribution in [-0.2, 0) is 9.09 Å². The van der Waals surface area contributed by atoms with Gasteiger partial charge in [-0.05, 0) is 84.9 Å². The average Bonchev–Trinajstić information content (AvgIpc) is 3.08. The molecule has 0 amide bonds. The van der Waals surface area contributed by atoms with Crippen molar-refractivity contribution in [2.45, 2.75) is 92.6 Å². The Kier molecular flexibility index (Phi) is 6.95. The summed E-state index contributed by atoms with van der Waals surface area (Å²) in [5, 5.41) is 0. The van der Waals surface area contributed by atoms with Crippen LogP contribution in [0.5, 0.6) is 0 Å². The van der Waals surface area contributed by atoms with Crippen molar-refractivity contribution < 1.29 is 14.0 Å². The van der Waals surface area contributed by atoms with Gasteiger partial charge in [-0.25, -0.2) is 0 Å². The fourth-order valence-electron chi connectivity index (χ4n) is 7.80. The summed E-state index contributed by atoms with van der Waals surface area (Å²) in [4.78, 5) is 9.20. The number of hydrogen-bond acceptors (Lipinski definition) is 2. The van der Waals surface area contributed by atoms with Crippen molar-refractivity contribution in [1.82, 2.24) is 0 Å². The number of allylic oxidation sites excluding steroid dienone is 5. The highest BCUT2D eigenvalue weighted by atomic mass is 31.1. The first-order valence-electron chi connectivity index (χ1n) is 13.0. The van der Waals surface area contributed by atoms with E-state index in [9.17, 15) is 9.46 Å². The summed E-state index contributed by atoms with van der Waals surface area (Å²) in [5.41, 5.74) is 3.76. The van der Waals surface area contributed by atoms with Crippen LogP contribution in [0.1, 0.15) is 86.5 Å². The van der Waals surface area contributed by atoms with E-state index in [0.717, 1.165) is 25.2 Å². The van der Waals surface area contributed by atoms with E-state index in [-0.39, 0.29) is 11.5 Å². The van der Waals surface area contributed by atoms with Gasteiger partial charge in [0.05, 0.1) is 0 Å². The van der Waals surface area contributed by atoms with Crippen LogP contribution in [0.4, 0.5) is 0 Å². The molecule has 0 saturated heterocycles. The summed E-state index contributed by atoms with van der Waals surface area (Å²) in [6.07, 6.45) is 17.7. The predicted molar refractivity (Wildman–Crippen MR) is 132 cm³/mol. The maximum Gasteiger partial charge on any atom is 0.695 e. The van der Waals surface area contributed by atoms with E-state index in [1.165, 1.54) is 31.3 Å². The van der Waals surface area contributed by atoms with E-state index in [1.54, 1.807) is 5.57 Å². The monoisotopic (exact) mass is 459 g/mol. The fourth-order valence-corrected chi connectivity index (χ4v) is 8.23. The smallest absolute Gasteiger partial charge is 0.133 e. The summed E-state index contributed by atoms with van der Waals surface area (Å²) in [6.45, 7) is 14.5. The maximum absolute atomic E-state index is 11.2. The lowest BCUT2D eigenvalue weighted by molar-refractivity contribution is 0.0424. The van der Waals surface area contributed by atoms with E-state index in [4.69, 9.17) is 4.52 Å². The summed E-state index contributed by atoms with van der Waals surface area (Å²) >= 11 is 0. The summed E-state index contributed by atoms with van der Waals surface area (Å²) in [5.74, 6) is 4.10. The van der Waals surface area contributed by atoms with Crippen LogP contribution in [-0.4, -0.2) is 11.0 Å². The van der Waals surface area contributed by atoms with Gasteiger partial charge in [0.1, 0.15) is 6.10 Å². The summed E-state index contributed by atoms with van der Waals surface area (Å²) in [7, 11) is -2.52. The third kappa shape index (κ3) is 4.23. The van der Waals surface area contributed by atoms with Gasteiger partial charge in [-0.1, -0.05) is 77.0 Å². The molecule has 4 rings (SSSR count). The average molecular weight is 460 g/mol. The lowest BCUT2D eigenvalue weighted by atomic mass is 9.50. The van der Waals surface area contributed by atoms with Gasteiger partial charge >= 0.3 is 8.25 Å². The Morgan fingerprint density at radius 1 is 1.03 bits per heavy atom. The van der Waals surface area contributed by atoms with Crippen molar-refractivity contribution in [2.24, 2.45) is 46.3 Å². The zero-order chi connectivity index (χ0) is 23.3. The van der Waals surface area contributed by atoms with Gasteiger partial charge in [0, 0.05) is 11.0 Å². The van der Waals surface area contributed by atoms with Crippen LogP contribution in [0.15, 0.2) is 35.5 Å². The second-order valence-electron chi connectivity index (χ2n) is 12.2. The van der Waals surface area contributed by atoms with Gasteiger partial charge in [-0.3, -0.25) is 0 Å². The first kappa shape index (κ1) is 24.4. The molecule has 0 aromatic carbocycles. The number of rotatable bonds is 6. The topological polar surface area (TPSA) is 46.5 Å². The van der Waals surface area contributed by atoms with Gasteiger partial charge in [-0.2, -0.15) is 0 Å². The lowest BCUT2D eigenvalue weighted by Crippen LogP contribution is -2.46. The Morgan fingerprint density at radius 2 is 1.78 bits per heavy atom. The molecule has 178 valence electrons. The molecule has 1 N–H and O–H groups in total. The molecule has 32 heavy (non-hydrogen) atoms. The van der Waals surface area contributed by atoms with Crippen LogP contribution in [0, 0.1) is 46.3 Å². The maximum atomic E-state index is 11.2. The molecule has 9 atom stereocenters. The molecule has 3 saturated carbocycles. The van der Waals surface area contributed by atoms with Crippen molar-refractivity contribution >= 4 is 8.25 Å². The Balaban J connectivity index is 1.54. The molecule has 1 unspecified atom stereocenters. The van der Waals surface area contributed by atoms with Crippen molar-refractivity contribution in [3.63, 3.8) is 0 Å². The molecule has 4 aliphatic rings. The standard InChI is InChI=1S/C28H43O3P/c1-18(2)19(3)7-8-20(4)24-11-12-25-23-10-9-21-17-22(31-32(29)30)13-15-27(21,5)26(23)14-16-28(24,25)6/h7-10,18-20,22,24-26H,11-17H2,1-6H3/p+1/t19-,20+,22-,24+,25-,26-,27-,28+/m0/s1. The van der Waals surface area contributed by atoms with Gasteiger partial charge in [-0.15, -0.1) is 9.42 Å². The predicted octanol–water partition coefficient (Wildman–Crippen LogP) is 8.00. The molecule has 0 spiro atoms. The minimum Gasteiger partial charge on any atom is -0.133 e. The van der Waals surface area contributed by atoms with Crippen LogP contribution in [0.25, 0.3) is 0 Å². The largest absolute Gasteiger partial charge is 0.695 e. The van der Waals surface area contributed by atoms with E-state index < -0.39 is 8.25 Å². The first-order valence-corrected chi connectivity index (χ1v) is 14.1. The van der Waals surface area contributed by atoms with Crippen molar-refractivity contribution in [3.8, 4) is 0 Å². The van der Waals surface area contributed by atoms with Crippen LogP contribution in [0.3, 0.4) is 0 Å². The normalized spacial score (nSPS) is 41.4. The molecule has 0 bridgehead atoms. The summed E-state index contributed by atoms with van der Waals surface area (Å²) in [6, 6.07) is 0. The molecular weight excluding hydrogens is 415 g/mol. The van der Waals surface area contributed by atoms with Gasteiger partial charge in [0.15, 0.2) is 0 Å². The highest BCUT2D eigenvalue weighted by Gasteiger charge is 2.57. The minimum absolute atomic E-state index is 0.108. The summed E-state index contributed by atoms with van der Waals surface area (Å²) < 4.78 is 16.5. The zero-order valence-corrected chi connectivity index (χ0v) is 21.9. The van der Waals surface area contributed by atoms with Crippen LogP contribution in [0.2, 0.25) is 0 Å². The third-order valence-corrected chi connectivity index (χ3v) is 10.7. The van der Waals surface area contributed by atoms with Crippen molar-refractivity contribution in [3.05, 3.63) is 35.5 Å². The molecule has 0 aromatic heterocycles. The van der Waals surface area contributed by atoms with E-state index in [0.29, 0.717) is 35.0 Å². The molecular formula is C28H44O3P+. The second-order valence-corrected chi connectivity index (χ2v) is 12.9. The molecule has 0 aromatic rings. The zero-order valence-electron chi connectivity index (χ0n) is 21.0. The minimum atomic E-state index is -2.52. The van der Waals surface area contributed by atoms with Gasteiger partial charge < -0.3 is 0 Å². The quantitative estimate of drug-likeness (QED) is 0.323. The first-order chi connectivity index (χ1) is 15.1. The molecule has 0 heterocycles. The number of fused-ring (bicyclic) bond motifs is 5. The Labute approximate surface area is 196 Å². The molecule has 0 aliphatic heterocycles. The molecule has 4 aliphatic carbocycles. The molecule has 4 heteroatoms.